The maximum atomic E-state index is 13.9. The fraction of sp³-hybridized carbons (Fsp3) is 0.0968. The maximum absolute atomic E-state index is 13.9. The molecule has 0 aliphatic carbocycles. The van der Waals surface area contributed by atoms with Gasteiger partial charge in [0.2, 0.25) is 5.75 Å². The van der Waals surface area contributed by atoms with Crippen molar-refractivity contribution in [1.29, 1.82) is 0 Å². The van der Waals surface area contributed by atoms with Gasteiger partial charge in [0, 0.05) is 11.1 Å². The van der Waals surface area contributed by atoms with Crippen LogP contribution in [0.15, 0.2) is 84.9 Å². The summed E-state index contributed by atoms with van der Waals surface area (Å²) in [5, 5.41) is 31.8. The van der Waals surface area contributed by atoms with E-state index in [1.165, 1.54) is 48.5 Å². The zero-order valence-corrected chi connectivity index (χ0v) is 21.3. The lowest BCUT2D eigenvalue weighted by atomic mass is 9.88. The standard InChI is InChI=1S/C31H24O9/c1-2-17-39-31(38)22-23(25(33)18-9-5-3-6-10-18)27(35)28(36)29(40-30(37)20-11-7-4-8-12-20)24(22)26(34)19-13-15-21(32)16-14-19/h3-16,32,35-36H,2,17H2,1H3. The Kier molecular flexibility index (Phi) is 8.24. The zero-order valence-electron chi connectivity index (χ0n) is 21.3. The smallest absolute Gasteiger partial charge is 0.343 e. The molecule has 40 heavy (non-hydrogen) atoms. The van der Waals surface area contributed by atoms with Crippen LogP contribution >= 0.6 is 0 Å². The van der Waals surface area contributed by atoms with E-state index in [1.54, 1.807) is 43.3 Å². The molecule has 0 amide bonds. The first kappa shape index (κ1) is 27.6. The Balaban J connectivity index is 2.04. The highest BCUT2D eigenvalue weighted by atomic mass is 16.5. The lowest BCUT2D eigenvalue weighted by Crippen LogP contribution is -2.21. The van der Waals surface area contributed by atoms with Crippen LogP contribution < -0.4 is 4.74 Å². The van der Waals surface area contributed by atoms with Gasteiger partial charge in [0.05, 0.1) is 28.9 Å². The number of ketones is 2. The molecule has 0 bridgehead atoms. The van der Waals surface area contributed by atoms with Crippen molar-refractivity contribution in [3.8, 4) is 23.0 Å². The molecule has 9 heteroatoms. The van der Waals surface area contributed by atoms with Gasteiger partial charge in [-0.05, 0) is 42.8 Å². The van der Waals surface area contributed by atoms with Crippen molar-refractivity contribution in [3.05, 3.63) is 118 Å². The molecule has 0 atom stereocenters. The molecule has 0 saturated carbocycles. The molecule has 0 unspecified atom stereocenters. The van der Waals surface area contributed by atoms with Crippen LogP contribution in [0.2, 0.25) is 0 Å². The van der Waals surface area contributed by atoms with Crippen molar-refractivity contribution in [1.82, 2.24) is 0 Å². The highest BCUT2D eigenvalue weighted by Crippen LogP contribution is 2.46. The molecule has 3 N–H and O–H groups in total. The third kappa shape index (κ3) is 5.53. The summed E-state index contributed by atoms with van der Waals surface area (Å²) in [6.45, 7) is 1.64. The largest absolute Gasteiger partial charge is 0.508 e. The number of phenolic OH excluding ortho intramolecular Hbond substituents is 3. The highest BCUT2D eigenvalue weighted by molar-refractivity contribution is 6.24. The minimum Gasteiger partial charge on any atom is -0.508 e. The van der Waals surface area contributed by atoms with Gasteiger partial charge in [0.15, 0.2) is 23.1 Å². The quantitative estimate of drug-likeness (QED) is 0.115. The molecule has 0 heterocycles. The molecule has 0 fully saturated rings. The lowest BCUT2D eigenvalue weighted by molar-refractivity contribution is 0.0496. The molecule has 0 aromatic heterocycles. The second-order valence-electron chi connectivity index (χ2n) is 8.61. The Morgan fingerprint density at radius 3 is 1.70 bits per heavy atom. The van der Waals surface area contributed by atoms with Gasteiger partial charge in [-0.25, -0.2) is 9.59 Å². The number of ether oxygens (including phenoxy) is 2. The molecule has 4 rings (SSSR count). The van der Waals surface area contributed by atoms with Crippen molar-refractivity contribution >= 4 is 23.5 Å². The van der Waals surface area contributed by atoms with E-state index < -0.39 is 57.4 Å². The predicted molar refractivity (Wildman–Crippen MR) is 143 cm³/mol. The summed E-state index contributed by atoms with van der Waals surface area (Å²) in [6.07, 6.45) is 0.398. The van der Waals surface area contributed by atoms with E-state index in [-0.39, 0.29) is 29.0 Å². The summed E-state index contributed by atoms with van der Waals surface area (Å²) in [7, 11) is 0. The summed E-state index contributed by atoms with van der Waals surface area (Å²) in [5.41, 5.74) is -2.06. The lowest BCUT2D eigenvalue weighted by Gasteiger charge is -2.20. The van der Waals surface area contributed by atoms with Gasteiger partial charge in [-0.1, -0.05) is 55.5 Å². The Morgan fingerprint density at radius 1 is 0.600 bits per heavy atom. The summed E-state index contributed by atoms with van der Waals surface area (Å²) in [4.78, 5) is 53.9. The molecule has 0 aliphatic rings. The van der Waals surface area contributed by atoms with E-state index >= 15 is 0 Å². The zero-order chi connectivity index (χ0) is 28.8. The first-order valence-electron chi connectivity index (χ1n) is 12.2. The third-order valence-corrected chi connectivity index (χ3v) is 5.87. The van der Waals surface area contributed by atoms with E-state index in [1.807, 2.05) is 0 Å². The summed E-state index contributed by atoms with van der Waals surface area (Å²) in [6, 6.07) is 20.1. The molecule has 0 saturated heterocycles. The van der Waals surface area contributed by atoms with Crippen molar-refractivity contribution in [2.45, 2.75) is 13.3 Å². The molecule has 4 aromatic rings. The van der Waals surface area contributed by atoms with Gasteiger partial charge < -0.3 is 24.8 Å². The predicted octanol–water partition coefficient (Wildman–Crippen LogP) is 5.05. The maximum Gasteiger partial charge on any atom is 0.343 e. The van der Waals surface area contributed by atoms with Gasteiger partial charge >= 0.3 is 11.9 Å². The summed E-state index contributed by atoms with van der Waals surface area (Å²) < 4.78 is 10.7. The first-order chi connectivity index (χ1) is 19.2. The van der Waals surface area contributed by atoms with E-state index in [9.17, 15) is 34.5 Å². The normalized spacial score (nSPS) is 10.5. The fourth-order valence-electron chi connectivity index (χ4n) is 3.93. The summed E-state index contributed by atoms with van der Waals surface area (Å²) >= 11 is 0. The topological polar surface area (TPSA) is 147 Å². The molecule has 0 radical (unpaired) electrons. The fourth-order valence-corrected chi connectivity index (χ4v) is 3.93. The number of benzene rings is 4. The number of rotatable bonds is 9. The van der Waals surface area contributed by atoms with Crippen molar-refractivity contribution in [3.63, 3.8) is 0 Å². The average Bonchev–Trinajstić information content (AvgIpc) is 2.98. The first-order valence-corrected chi connectivity index (χ1v) is 12.2. The van der Waals surface area contributed by atoms with Crippen molar-refractivity contribution < 1.29 is 44.0 Å². The van der Waals surface area contributed by atoms with Crippen LogP contribution in [0.3, 0.4) is 0 Å². The number of hydrogen-bond donors (Lipinski definition) is 3. The van der Waals surface area contributed by atoms with Crippen LogP contribution in [0.4, 0.5) is 0 Å². The van der Waals surface area contributed by atoms with Crippen LogP contribution in [0.1, 0.15) is 65.9 Å². The number of hydrogen-bond acceptors (Lipinski definition) is 9. The van der Waals surface area contributed by atoms with Crippen molar-refractivity contribution in [2.24, 2.45) is 0 Å². The van der Waals surface area contributed by atoms with Gasteiger partial charge in [-0.2, -0.15) is 0 Å². The molecule has 0 aliphatic heterocycles. The number of aromatic hydroxyl groups is 3. The minimum absolute atomic E-state index is 0.0406. The third-order valence-electron chi connectivity index (χ3n) is 5.87. The monoisotopic (exact) mass is 540 g/mol. The van der Waals surface area contributed by atoms with E-state index in [2.05, 4.69) is 0 Å². The Hall–Kier alpha value is -5.44. The SMILES string of the molecule is CCCOC(=O)c1c(C(=O)c2ccccc2)c(O)c(O)c(OC(=O)c2ccccc2)c1C(=O)c1ccc(O)cc1. The Bertz CT molecular complexity index is 1580. The molecule has 4 aromatic carbocycles. The number of carbonyl (C=O) groups excluding carboxylic acids is 4. The number of esters is 2. The number of phenols is 3. The molecule has 0 spiro atoms. The van der Waals surface area contributed by atoms with Crippen LogP contribution in [-0.4, -0.2) is 45.4 Å². The molecule has 9 nitrogen and oxygen atoms in total. The van der Waals surface area contributed by atoms with Gasteiger partial charge in [0.1, 0.15) is 5.75 Å². The van der Waals surface area contributed by atoms with E-state index in [0.717, 1.165) is 0 Å². The van der Waals surface area contributed by atoms with E-state index in [0.29, 0.717) is 6.42 Å². The minimum atomic E-state index is -1.16. The summed E-state index contributed by atoms with van der Waals surface area (Å²) in [5.74, 6) is -7.16. The Labute approximate surface area is 228 Å². The molecule has 202 valence electrons. The van der Waals surface area contributed by atoms with Gasteiger partial charge in [0.25, 0.3) is 0 Å². The van der Waals surface area contributed by atoms with Crippen LogP contribution in [0.25, 0.3) is 0 Å². The van der Waals surface area contributed by atoms with Gasteiger partial charge in [-0.3, -0.25) is 9.59 Å². The second kappa shape index (κ2) is 12.0. The Morgan fingerprint density at radius 2 is 1.12 bits per heavy atom. The van der Waals surface area contributed by atoms with E-state index in [4.69, 9.17) is 9.47 Å². The highest BCUT2D eigenvalue weighted by Gasteiger charge is 2.37. The van der Waals surface area contributed by atoms with Crippen LogP contribution in [0.5, 0.6) is 23.0 Å². The average molecular weight is 541 g/mol. The molecular formula is C31H24O9. The van der Waals surface area contributed by atoms with Crippen molar-refractivity contribution in [2.75, 3.05) is 6.61 Å². The molecular weight excluding hydrogens is 516 g/mol. The number of carbonyl (C=O) groups is 4. The van der Waals surface area contributed by atoms with Gasteiger partial charge in [-0.15, -0.1) is 0 Å². The van der Waals surface area contributed by atoms with Crippen LogP contribution in [-0.2, 0) is 4.74 Å². The second-order valence-corrected chi connectivity index (χ2v) is 8.61. The van der Waals surface area contributed by atoms with Crippen LogP contribution in [0, 0.1) is 0 Å².